The lowest BCUT2D eigenvalue weighted by molar-refractivity contribution is -0.139. The molecule has 244 valence electrons. The first kappa shape index (κ1) is 42.1. The number of nitrogens with zero attached hydrogens (tertiary/aromatic N) is 2. The molecule has 7 N–H and O–H groups in total. The maximum atomic E-state index is 10.3. The fourth-order valence-electron chi connectivity index (χ4n) is 3.28. The van der Waals surface area contributed by atoms with Gasteiger partial charge in [-0.3, -0.25) is 9.59 Å². The summed E-state index contributed by atoms with van der Waals surface area (Å²) in [7, 11) is 0. The highest BCUT2D eigenvalue weighted by atomic mass is 16.4. The van der Waals surface area contributed by atoms with Crippen molar-refractivity contribution >= 4 is 35.5 Å². The van der Waals surface area contributed by atoms with Crippen molar-refractivity contribution in [2.45, 2.75) is 59.3 Å². The quantitative estimate of drug-likeness (QED) is 0.0921. The molecule has 0 amide bonds. The summed E-state index contributed by atoms with van der Waals surface area (Å²) in [5.74, 6) is -1.74. The smallest absolute Gasteiger partial charge is 0.303 e. The number of aliphatic carboxylic acids is 2. The van der Waals surface area contributed by atoms with Crippen LogP contribution in [0.1, 0.15) is 61.3 Å². The van der Waals surface area contributed by atoms with Crippen molar-refractivity contribution in [2.24, 2.45) is 15.4 Å². The summed E-state index contributed by atoms with van der Waals surface area (Å²) in [5, 5.41) is 57.5. The van der Waals surface area contributed by atoms with Gasteiger partial charge in [0.25, 0.3) is 0 Å². The van der Waals surface area contributed by atoms with Crippen molar-refractivity contribution in [1.29, 1.82) is 0 Å². The third-order valence-corrected chi connectivity index (χ3v) is 6.15. The van der Waals surface area contributed by atoms with Gasteiger partial charge in [-0.15, -0.1) is 0 Å². The van der Waals surface area contributed by atoms with Crippen LogP contribution in [0.4, 0.5) is 11.4 Å². The summed E-state index contributed by atoms with van der Waals surface area (Å²) < 4.78 is 0. The molecule has 0 unspecified atom stereocenters. The molecule has 2 aromatic carbocycles. The first-order chi connectivity index (χ1) is 20.9. The van der Waals surface area contributed by atoms with Gasteiger partial charge in [-0.1, -0.05) is 31.2 Å². The normalized spacial score (nSPS) is 9.82. The second-order valence-electron chi connectivity index (χ2n) is 9.59. The number of carbonyl (C=O) groups excluding carboxylic acids is 2. The molecule has 13 nitrogen and oxygen atoms in total. The van der Waals surface area contributed by atoms with Crippen LogP contribution in [-0.4, -0.2) is 92.9 Å². The minimum atomic E-state index is -0.870. The van der Waals surface area contributed by atoms with E-state index in [9.17, 15) is 19.2 Å². The second kappa shape index (κ2) is 25.4. The molecule has 0 aliphatic carbocycles. The monoisotopic (exact) mass is 620 g/mol. The predicted octanol–water partition coefficient (Wildman–Crippen LogP) is 2.88. The molecule has 0 atom stereocenters. The van der Waals surface area contributed by atoms with Gasteiger partial charge >= 0.3 is 11.9 Å². The van der Waals surface area contributed by atoms with Crippen molar-refractivity contribution < 1.29 is 54.9 Å². The number of hydrogen-bond donors (Lipinski definition) is 7. The van der Waals surface area contributed by atoms with E-state index in [0.717, 1.165) is 28.7 Å². The molecule has 0 saturated carbocycles. The van der Waals surface area contributed by atoms with Gasteiger partial charge in [0.15, 0.2) is 0 Å². The zero-order valence-electron chi connectivity index (χ0n) is 25.4. The lowest BCUT2D eigenvalue weighted by atomic mass is 9.88. The van der Waals surface area contributed by atoms with Crippen LogP contribution >= 0.6 is 0 Å². The number of benzene rings is 2. The third kappa shape index (κ3) is 19.2. The van der Waals surface area contributed by atoms with Gasteiger partial charge in [0.2, 0.25) is 12.2 Å². The number of carbonyl (C=O) groups is 2. The Hall–Kier alpha value is -4.06. The summed E-state index contributed by atoms with van der Waals surface area (Å²) in [6, 6.07) is 11.5. The lowest BCUT2D eigenvalue weighted by Crippen LogP contribution is -2.32. The number of aliphatic hydroxyl groups is 5. The number of isocyanates is 2. The first-order valence-electron chi connectivity index (χ1n) is 13.8. The van der Waals surface area contributed by atoms with E-state index in [2.05, 4.69) is 9.98 Å². The molecule has 0 heterocycles. The average Bonchev–Trinajstić information content (AvgIpc) is 3.00. The van der Waals surface area contributed by atoms with Crippen LogP contribution in [0.15, 0.2) is 46.4 Å². The van der Waals surface area contributed by atoms with Crippen LogP contribution in [0.25, 0.3) is 0 Å². The summed E-state index contributed by atoms with van der Waals surface area (Å²) in [5.41, 5.74) is 4.75. The van der Waals surface area contributed by atoms with Gasteiger partial charge < -0.3 is 35.7 Å². The molecule has 0 aliphatic rings. The molecule has 13 heteroatoms. The van der Waals surface area contributed by atoms with Gasteiger partial charge in [0.05, 0.1) is 44.4 Å². The molecular weight excluding hydrogens is 576 g/mol. The predicted molar refractivity (Wildman–Crippen MR) is 163 cm³/mol. The number of carboxylic acids is 2. The molecular formula is C31H44N2O11. The largest absolute Gasteiger partial charge is 0.481 e. The summed E-state index contributed by atoms with van der Waals surface area (Å²) in [6.07, 6.45) is 5.48. The van der Waals surface area contributed by atoms with Crippen molar-refractivity contribution in [1.82, 2.24) is 0 Å². The Balaban J connectivity index is 0. The average molecular weight is 621 g/mol. The van der Waals surface area contributed by atoms with Gasteiger partial charge in [0, 0.05) is 18.3 Å². The Labute approximate surface area is 256 Å². The Bertz CT molecular complexity index is 1120. The van der Waals surface area contributed by atoms with E-state index < -0.39 is 17.4 Å². The fourth-order valence-corrected chi connectivity index (χ4v) is 3.28. The number of carboxylic acid groups (broad SMARTS) is 2. The SMILES string of the molecule is CCC(CO)(CO)CO.Cc1cc(Cc2ccc(N=C=O)c(C)c2)ccc1N=C=O.O=C(O)CCCCC(=O)O.OCCO. The number of aliphatic hydroxyl groups excluding tert-OH is 5. The van der Waals surface area contributed by atoms with Crippen molar-refractivity contribution in [3.63, 3.8) is 0 Å². The van der Waals surface area contributed by atoms with Crippen molar-refractivity contribution in [3.8, 4) is 0 Å². The maximum Gasteiger partial charge on any atom is 0.303 e. The maximum absolute atomic E-state index is 10.3. The number of rotatable bonds is 14. The summed E-state index contributed by atoms with van der Waals surface area (Å²) in [4.78, 5) is 47.7. The molecule has 0 saturated heterocycles. The van der Waals surface area contributed by atoms with Gasteiger partial charge in [0.1, 0.15) is 0 Å². The zero-order valence-corrected chi connectivity index (χ0v) is 25.4. The molecule has 2 aromatic rings. The van der Waals surface area contributed by atoms with E-state index in [1.807, 2.05) is 57.2 Å². The number of hydrogen-bond acceptors (Lipinski definition) is 11. The van der Waals surface area contributed by atoms with E-state index in [-0.39, 0.29) is 45.9 Å². The van der Waals surface area contributed by atoms with E-state index in [1.165, 1.54) is 0 Å². The Morgan fingerprint density at radius 3 is 1.27 bits per heavy atom. The third-order valence-electron chi connectivity index (χ3n) is 6.15. The Morgan fingerprint density at radius 1 is 0.705 bits per heavy atom. The number of aryl methyl sites for hydroxylation is 2. The molecule has 0 aliphatic heterocycles. The van der Waals surface area contributed by atoms with Gasteiger partial charge in [-0.2, -0.15) is 9.98 Å². The molecule has 0 aromatic heterocycles. The van der Waals surface area contributed by atoms with Crippen molar-refractivity contribution in [3.05, 3.63) is 58.7 Å². The standard InChI is InChI=1S/C17H14N2O2.C6H10O4.C6H14O3.C2H6O2/c1-12-7-14(3-5-16(12)18-10-20)9-15-4-6-17(19-11-21)13(2)8-15;7-5(8)3-1-2-4-6(9)10;1-2-6(3-7,4-8)5-9;3-1-2-4/h3-8H,9H2,1-2H3;1-4H2,(H,7,8)(H,9,10);7-9H,2-5H2,1H3;3-4H,1-2H2. The highest BCUT2D eigenvalue weighted by Gasteiger charge is 2.24. The van der Waals surface area contributed by atoms with Gasteiger partial charge in [-0.05, 0) is 73.9 Å². The molecule has 0 spiro atoms. The Kier molecular flexibility index (Phi) is 24.3. The molecule has 0 radical (unpaired) electrons. The minimum absolute atomic E-state index is 0.0628. The van der Waals surface area contributed by atoms with Crippen LogP contribution < -0.4 is 0 Å². The number of aliphatic imine (C=N–C) groups is 2. The highest BCUT2D eigenvalue weighted by molar-refractivity contribution is 5.68. The van der Waals surface area contributed by atoms with Crippen LogP contribution in [0, 0.1) is 19.3 Å². The van der Waals surface area contributed by atoms with E-state index in [1.54, 1.807) is 12.2 Å². The zero-order chi connectivity index (χ0) is 34.0. The van der Waals surface area contributed by atoms with E-state index in [0.29, 0.717) is 30.6 Å². The molecule has 0 bridgehead atoms. The van der Waals surface area contributed by atoms with E-state index in [4.69, 9.17) is 35.7 Å². The minimum Gasteiger partial charge on any atom is -0.481 e. The highest BCUT2D eigenvalue weighted by Crippen LogP contribution is 2.24. The molecule has 2 rings (SSSR count). The van der Waals surface area contributed by atoms with Gasteiger partial charge in [-0.25, -0.2) is 9.59 Å². The van der Waals surface area contributed by atoms with Crippen LogP contribution in [0.5, 0.6) is 0 Å². The van der Waals surface area contributed by atoms with Crippen LogP contribution in [-0.2, 0) is 25.6 Å². The Morgan fingerprint density at radius 2 is 1.07 bits per heavy atom. The number of unbranched alkanes of at least 4 members (excludes halogenated alkanes) is 1. The van der Waals surface area contributed by atoms with Crippen LogP contribution in [0.2, 0.25) is 0 Å². The first-order valence-corrected chi connectivity index (χ1v) is 13.8. The van der Waals surface area contributed by atoms with E-state index >= 15 is 0 Å². The fraction of sp³-hybridized carbons (Fsp3) is 0.484. The molecule has 44 heavy (non-hydrogen) atoms. The lowest BCUT2D eigenvalue weighted by Gasteiger charge is -2.24. The second-order valence-corrected chi connectivity index (χ2v) is 9.59. The van der Waals surface area contributed by atoms with Crippen LogP contribution in [0.3, 0.4) is 0 Å². The topological polar surface area (TPSA) is 235 Å². The summed E-state index contributed by atoms with van der Waals surface area (Å²) >= 11 is 0. The molecule has 0 fully saturated rings. The van der Waals surface area contributed by atoms with Crippen molar-refractivity contribution in [2.75, 3.05) is 33.0 Å². The summed E-state index contributed by atoms with van der Waals surface area (Å²) in [6.45, 7) is 4.92.